The van der Waals surface area contributed by atoms with E-state index in [9.17, 15) is 9.59 Å². The Balaban J connectivity index is 1.45. The smallest absolute Gasteiger partial charge is 0.410 e. The van der Waals surface area contributed by atoms with Crippen molar-refractivity contribution >= 4 is 12.0 Å². The lowest BCUT2D eigenvalue weighted by Crippen LogP contribution is -2.48. The summed E-state index contributed by atoms with van der Waals surface area (Å²) in [6.07, 6.45) is 6.36. The Labute approximate surface area is 190 Å². The summed E-state index contributed by atoms with van der Waals surface area (Å²) in [7, 11) is 0. The van der Waals surface area contributed by atoms with Crippen LogP contribution in [0.4, 0.5) is 4.79 Å². The highest BCUT2D eigenvalue weighted by molar-refractivity contribution is 5.94. The number of hydrogen-bond donors (Lipinski definition) is 1. The van der Waals surface area contributed by atoms with Crippen LogP contribution in [0.5, 0.6) is 0 Å². The van der Waals surface area contributed by atoms with E-state index in [0.717, 1.165) is 36.9 Å². The highest BCUT2D eigenvalue weighted by Crippen LogP contribution is 2.27. The molecular formula is C25H34N4O3. The predicted octanol–water partition coefficient (Wildman–Crippen LogP) is 4.27. The molecular weight excluding hydrogens is 404 g/mol. The van der Waals surface area contributed by atoms with Crippen molar-refractivity contribution in [1.29, 1.82) is 0 Å². The van der Waals surface area contributed by atoms with Gasteiger partial charge in [0.15, 0.2) is 5.69 Å². The molecule has 0 bridgehead atoms. The number of para-hydroxylation sites is 1. The van der Waals surface area contributed by atoms with Crippen LogP contribution in [-0.2, 0) is 17.6 Å². The SMILES string of the molecule is CC(C)(C)OC(=O)N1CCC(NC(=O)c2nn(-c3ccccc3)c3c2CCCCC3)CC1. The second-order valence-electron chi connectivity index (χ2n) is 9.80. The molecule has 4 rings (SSSR count). The van der Waals surface area contributed by atoms with Crippen LogP contribution in [-0.4, -0.2) is 51.4 Å². The third-order valence-corrected chi connectivity index (χ3v) is 6.13. The second kappa shape index (κ2) is 9.35. The minimum Gasteiger partial charge on any atom is -0.444 e. The second-order valence-corrected chi connectivity index (χ2v) is 9.80. The van der Waals surface area contributed by atoms with Crippen molar-refractivity contribution < 1.29 is 14.3 Å². The number of amides is 2. The molecule has 1 fully saturated rings. The van der Waals surface area contributed by atoms with Gasteiger partial charge in [0.25, 0.3) is 5.91 Å². The molecule has 32 heavy (non-hydrogen) atoms. The lowest BCUT2D eigenvalue weighted by molar-refractivity contribution is 0.0199. The molecule has 2 amide bonds. The number of benzene rings is 1. The van der Waals surface area contributed by atoms with E-state index < -0.39 is 5.60 Å². The van der Waals surface area contributed by atoms with Gasteiger partial charge in [0.05, 0.1) is 5.69 Å². The third kappa shape index (κ3) is 5.14. The molecule has 0 atom stereocenters. The number of nitrogens with one attached hydrogen (secondary N) is 1. The summed E-state index contributed by atoms with van der Waals surface area (Å²) in [5, 5.41) is 7.96. The van der Waals surface area contributed by atoms with Gasteiger partial charge in [-0.2, -0.15) is 5.10 Å². The lowest BCUT2D eigenvalue weighted by Gasteiger charge is -2.33. The molecule has 7 nitrogen and oxygen atoms in total. The Morgan fingerprint density at radius 1 is 1.03 bits per heavy atom. The first-order valence-electron chi connectivity index (χ1n) is 11.8. The standard InChI is InChI=1S/C25H34N4O3/c1-25(2,3)32-24(31)28-16-14-18(15-17-28)26-23(30)22-20-12-8-5-9-13-21(20)29(27-22)19-10-6-4-7-11-19/h4,6-7,10-11,18H,5,8-9,12-17H2,1-3H3,(H,26,30). The number of piperidine rings is 1. The van der Waals surface area contributed by atoms with Crippen LogP contribution in [0.2, 0.25) is 0 Å². The van der Waals surface area contributed by atoms with Crippen LogP contribution in [0.1, 0.15) is 74.6 Å². The molecule has 0 spiro atoms. The van der Waals surface area contributed by atoms with Gasteiger partial charge >= 0.3 is 6.09 Å². The first-order chi connectivity index (χ1) is 15.3. The van der Waals surface area contributed by atoms with E-state index >= 15 is 0 Å². The molecule has 2 aromatic rings. The summed E-state index contributed by atoms with van der Waals surface area (Å²) in [5.74, 6) is -0.103. The molecule has 1 N–H and O–H groups in total. The number of hydrogen-bond acceptors (Lipinski definition) is 4. The van der Waals surface area contributed by atoms with Crippen molar-refractivity contribution in [3.05, 3.63) is 47.3 Å². The highest BCUT2D eigenvalue weighted by atomic mass is 16.6. The van der Waals surface area contributed by atoms with Gasteiger partial charge in [-0.3, -0.25) is 4.79 Å². The molecule has 2 aliphatic rings. The average molecular weight is 439 g/mol. The maximum atomic E-state index is 13.3. The number of carbonyl (C=O) groups excluding carboxylic acids is 2. The zero-order valence-corrected chi connectivity index (χ0v) is 19.4. The summed E-state index contributed by atoms with van der Waals surface area (Å²) in [5.41, 5.74) is 3.31. The first kappa shape index (κ1) is 22.4. The third-order valence-electron chi connectivity index (χ3n) is 6.13. The van der Waals surface area contributed by atoms with Crippen LogP contribution >= 0.6 is 0 Å². The number of ether oxygens (including phenoxy) is 1. The van der Waals surface area contributed by atoms with Crippen LogP contribution in [0.15, 0.2) is 30.3 Å². The van der Waals surface area contributed by atoms with E-state index in [1.54, 1.807) is 4.90 Å². The van der Waals surface area contributed by atoms with Gasteiger partial charge in [0, 0.05) is 30.4 Å². The van der Waals surface area contributed by atoms with E-state index in [2.05, 4.69) is 5.32 Å². The molecule has 0 unspecified atom stereocenters. The number of likely N-dealkylation sites (tertiary alicyclic amines) is 1. The summed E-state index contributed by atoms with van der Waals surface area (Å²) >= 11 is 0. The number of fused-ring (bicyclic) bond motifs is 1. The normalized spacial score (nSPS) is 17.4. The van der Waals surface area contributed by atoms with Crippen molar-refractivity contribution in [3.63, 3.8) is 0 Å². The van der Waals surface area contributed by atoms with Crippen molar-refractivity contribution in [3.8, 4) is 5.69 Å². The van der Waals surface area contributed by atoms with Gasteiger partial charge in [0.1, 0.15) is 5.60 Å². The number of carbonyl (C=O) groups is 2. The number of rotatable bonds is 3. The van der Waals surface area contributed by atoms with Crippen LogP contribution < -0.4 is 5.32 Å². The van der Waals surface area contributed by atoms with E-state index in [4.69, 9.17) is 9.84 Å². The summed E-state index contributed by atoms with van der Waals surface area (Å²) < 4.78 is 7.43. The quantitative estimate of drug-likeness (QED) is 0.726. The van der Waals surface area contributed by atoms with Crippen LogP contribution in [0.3, 0.4) is 0 Å². The fraction of sp³-hybridized carbons (Fsp3) is 0.560. The van der Waals surface area contributed by atoms with Crippen molar-refractivity contribution in [2.45, 2.75) is 77.4 Å². The Morgan fingerprint density at radius 2 is 1.72 bits per heavy atom. The van der Waals surface area contributed by atoms with Gasteiger partial charge in [-0.05, 0) is 71.4 Å². The van der Waals surface area contributed by atoms with Gasteiger partial charge in [-0.1, -0.05) is 24.6 Å². The highest BCUT2D eigenvalue weighted by Gasteiger charge is 2.30. The number of nitrogens with zero attached hydrogens (tertiary/aromatic N) is 3. The molecule has 1 aromatic heterocycles. The number of aromatic nitrogens is 2. The van der Waals surface area contributed by atoms with E-state index in [0.29, 0.717) is 31.6 Å². The predicted molar refractivity (Wildman–Crippen MR) is 123 cm³/mol. The van der Waals surface area contributed by atoms with E-state index in [1.807, 2.05) is 55.8 Å². The maximum absolute atomic E-state index is 13.3. The molecule has 172 valence electrons. The molecule has 2 heterocycles. The molecule has 1 aliphatic heterocycles. The molecule has 1 aliphatic carbocycles. The zero-order valence-electron chi connectivity index (χ0n) is 19.4. The monoisotopic (exact) mass is 438 g/mol. The first-order valence-corrected chi connectivity index (χ1v) is 11.8. The van der Waals surface area contributed by atoms with Gasteiger partial charge < -0.3 is 15.0 Å². The van der Waals surface area contributed by atoms with Gasteiger partial charge in [0.2, 0.25) is 0 Å². The Kier molecular flexibility index (Phi) is 6.53. The Hall–Kier alpha value is -2.83. The molecule has 0 saturated carbocycles. The van der Waals surface area contributed by atoms with Gasteiger partial charge in [-0.15, -0.1) is 0 Å². The van der Waals surface area contributed by atoms with Crippen molar-refractivity contribution in [2.24, 2.45) is 0 Å². The Bertz CT molecular complexity index is 954. The minimum absolute atomic E-state index is 0.0319. The molecule has 1 aromatic carbocycles. The average Bonchev–Trinajstić information content (AvgIpc) is 2.95. The zero-order chi connectivity index (χ0) is 22.7. The molecule has 7 heteroatoms. The molecule has 1 saturated heterocycles. The lowest BCUT2D eigenvalue weighted by atomic mass is 10.0. The Morgan fingerprint density at radius 3 is 2.41 bits per heavy atom. The summed E-state index contributed by atoms with van der Waals surface area (Å²) in [6, 6.07) is 10.1. The molecule has 0 radical (unpaired) electrons. The van der Waals surface area contributed by atoms with E-state index in [1.165, 1.54) is 12.1 Å². The largest absolute Gasteiger partial charge is 0.444 e. The fourth-order valence-corrected chi connectivity index (χ4v) is 4.53. The van der Waals surface area contributed by atoms with Crippen LogP contribution in [0.25, 0.3) is 5.69 Å². The topological polar surface area (TPSA) is 76.5 Å². The van der Waals surface area contributed by atoms with Crippen molar-refractivity contribution in [1.82, 2.24) is 20.0 Å². The van der Waals surface area contributed by atoms with Gasteiger partial charge in [-0.25, -0.2) is 9.48 Å². The minimum atomic E-state index is -0.502. The van der Waals surface area contributed by atoms with E-state index in [-0.39, 0.29) is 18.0 Å². The fourth-order valence-electron chi connectivity index (χ4n) is 4.53. The van der Waals surface area contributed by atoms with Crippen molar-refractivity contribution in [2.75, 3.05) is 13.1 Å². The summed E-state index contributed by atoms with van der Waals surface area (Å²) in [4.78, 5) is 27.3. The van der Waals surface area contributed by atoms with Crippen LogP contribution in [0, 0.1) is 0 Å². The maximum Gasteiger partial charge on any atom is 0.410 e. The summed E-state index contributed by atoms with van der Waals surface area (Å²) in [6.45, 7) is 6.77.